The van der Waals surface area contributed by atoms with Gasteiger partial charge in [0, 0.05) is 0 Å². The molecule has 1 aromatic rings. The van der Waals surface area contributed by atoms with Crippen LogP contribution in [0.15, 0.2) is 35.1 Å². The first kappa shape index (κ1) is 18.9. The first-order valence-corrected chi connectivity index (χ1v) is 8.69. The van der Waals surface area contributed by atoms with E-state index in [9.17, 15) is 9.69 Å². The predicted molar refractivity (Wildman–Crippen MR) is 85.7 cm³/mol. The minimum atomic E-state index is -2.47. The summed E-state index contributed by atoms with van der Waals surface area (Å²) >= 11 is 6.01. The van der Waals surface area contributed by atoms with Gasteiger partial charge in [-0.2, -0.15) is 0 Å². The highest BCUT2D eigenvalue weighted by molar-refractivity contribution is 7.34. The van der Waals surface area contributed by atoms with E-state index in [-0.39, 0.29) is 12.5 Å². The Morgan fingerprint density at radius 1 is 1.36 bits per heavy atom. The van der Waals surface area contributed by atoms with Crippen LogP contribution < -0.4 is 9.42 Å². The predicted octanol–water partition coefficient (Wildman–Crippen LogP) is 3.86. The average molecular weight is 346 g/mol. The van der Waals surface area contributed by atoms with Gasteiger partial charge in [0.05, 0.1) is 6.61 Å². The van der Waals surface area contributed by atoms with Gasteiger partial charge in [-0.25, -0.2) is 4.79 Å². The van der Waals surface area contributed by atoms with Gasteiger partial charge < -0.3 is 9.63 Å². The van der Waals surface area contributed by atoms with Gasteiger partial charge in [0.1, 0.15) is 0 Å². The van der Waals surface area contributed by atoms with Crippen molar-refractivity contribution in [3.05, 3.63) is 30.3 Å². The van der Waals surface area contributed by atoms with Crippen LogP contribution in [-0.2, 0) is 9.53 Å². The topological polar surface area (TPSA) is 71.0 Å². The van der Waals surface area contributed by atoms with Crippen LogP contribution in [0.2, 0.25) is 0 Å². The van der Waals surface area contributed by atoms with Gasteiger partial charge in [-0.3, -0.25) is 4.52 Å². The summed E-state index contributed by atoms with van der Waals surface area (Å²) < 4.78 is 14.0. The van der Waals surface area contributed by atoms with E-state index < -0.39 is 19.1 Å². The maximum Gasteiger partial charge on any atom is 0.396 e. The Morgan fingerprint density at radius 3 is 2.50 bits per heavy atom. The van der Waals surface area contributed by atoms with Gasteiger partial charge in [0.15, 0.2) is 5.75 Å². The lowest BCUT2D eigenvalue weighted by atomic mass is 10.1. The van der Waals surface area contributed by atoms with Crippen molar-refractivity contribution in [3.8, 4) is 5.75 Å². The Kier molecular flexibility index (Phi) is 7.80. The van der Waals surface area contributed by atoms with Crippen molar-refractivity contribution in [2.45, 2.75) is 38.6 Å². The van der Waals surface area contributed by atoms with E-state index in [1.165, 1.54) is 6.92 Å². The lowest BCUT2D eigenvalue weighted by molar-refractivity contribution is -0.170. The van der Waals surface area contributed by atoms with Crippen LogP contribution in [0, 0.1) is 5.92 Å². The van der Waals surface area contributed by atoms with Crippen LogP contribution in [0.1, 0.15) is 33.6 Å². The molecular weight excluding hydrogens is 325 g/mol. The molecule has 0 fully saturated rings. The van der Waals surface area contributed by atoms with E-state index in [1.54, 1.807) is 30.3 Å². The van der Waals surface area contributed by atoms with E-state index in [0.717, 1.165) is 12.8 Å². The zero-order valence-electron chi connectivity index (χ0n) is 13.0. The molecule has 22 heavy (non-hydrogen) atoms. The molecule has 0 radical (unpaired) electrons. The molecule has 1 rings (SSSR count). The van der Waals surface area contributed by atoms with Crippen molar-refractivity contribution in [2.24, 2.45) is 10.7 Å². The van der Waals surface area contributed by atoms with Crippen molar-refractivity contribution >= 4 is 25.7 Å². The fourth-order valence-electron chi connectivity index (χ4n) is 1.64. The highest BCUT2D eigenvalue weighted by atomic mass is 35.5. The molecule has 0 N–H and O–H groups in total. The number of carbonyl (C=O) groups excluding carboxylic acids is 1. The summed E-state index contributed by atoms with van der Waals surface area (Å²) in [5.41, 5.74) is 0. The first-order valence-electron chi connectivity index (χ1n) is 7.18. The molecule has 0 aromatic heterocycles. The van der Waals surface area contributed by atoms with Crippen LogP contribution in [0.3, 0.4) is 0 Å². The van der Waals surface area contributed by atoms with Crippen molar-refractivity contribution < 1.29 is 18.9 Å². The average Bonchev–Trinajstić information content (AvgIpc) is 2.48. The number of carbonyl (C=O) groups is 1. The lowest BCUT2D eigenvalue weighted by Gasteiger charge is -2.16. The molecule has 7 heteroatoms. The number of rotatable bonds is 8. The Labute approximate surface area is 137 Å². The van der Waals surface area contributed by atoms with Crippen molar-refractivity contribution in [2.75, 3.05) is 6.61 Å². The summed E-state index contributed by atoms with van der Waals surface area (Å²) in [7, 11) is -2.47. The molecular formula is C15H21ClNO4P. The van der Waals surface area contributed by atoms with E-state index in [4.69, 9.17) is 20.9 Å². The molecule has 1 aromatic carbocycles. The molecule has 0 heterocycles. The van der Waals surface area contributed by atoms with Gasteiger partial charge >= 0.3 is 14.1 Å². The SMILES string of the molecule is CCC(CC)COC(=O)[C@@](C)(Cl)N=[P+]([O-])Oc1ccccc1. The zero-order chi connectivity index (χ0) is 16.6. The van der Waals surface area contributed by atoms with E-state index in [2.05, 4.69) is 4.74 Å². The maximum atomic E-state index is 12.0. The van der Waals surface area contributed by atoms with E-state index >= 15 is 0 Å². The molecule has 0 aliphatic carbocycles. The smallest absolute Gasteiger partial charge is 0.396 e. The minimum Gasteiger partial charge on any atom is -0.575 e. The zero-order valence-corrected chi connectivity index (χ0v) is 14.6. The molecule has 0 aliphatic rings. The summed E-state index contributed by atoms with van der Waals surface area (Å²) in [6.45, 7) is 5.67. The van der Waals surface area contributed by atoms with Crippen LogP contribution in [0.25, 0.3) is 0 Å². The Bertz CT molecular complexity index is 504. The van der Waals surface area contributed by atoms with Gasteiger partial charge in [0.2, 0.25) is 0 Å². The summed E-state index contributed by atoms with van der Waals surface area (Å²) in [4.78, 5) is 22.1. The summed E-state index contributed by atoms with van der Waals surface area (Å²) in [6.07, 6.45) is 1.82. The Morgan fingerprint density at radius 2 is 1.95 bits per heavy atom. The van der Waals surface area contributed by atoms with Gasteiger partial charge in [0.25, 0.3) is 5.00 Å². The third kappa shape index (κ3) is 6.30. The summed E-state index contributed by atoms with van der Waals surface area (Å²) in [5, 5.41) is 0. The Hall–Kier alpha value is -1.16. The number of halogens is 1. The molecule has 0 aliphatic heterocycles. The Balaban J connectivity index is 2.63. The third-order valence-corrected chi connectivity index (χ3v) is 4.46. The minimum absolute atomic E-state index is 0.278. The van der Waals surface area contributed by atoms with Gasteiger partial charge in [-0.05, 0) is 29.7 Å². The molecule has 0 spiro atoms. The second-order valence-electron chi connectivity index (χ2n) is 4.98. The van der Waals surface area contributed by atoms with Gasteiger partial charge in [-0.15, -0.1) is 0 Å². The largest absolute Gasteiger partial charge is 0.575 e. The molecule has 0 saturated carbocycles. The monoisotopic (exact) mass is 345 g/mol. The number of nitrogens with zero attached hydrogens (tertiary/aromatic N) is 1. The number of hydrogen-bond acceptors (Lipinski definition) is 5. The number of hydrogen-bond donors (Lipinski definition) is 0. The molecule has 1 unspecified atom stereocenters. The van der Waals surface area contributed by atoms with Crippen LogP contribution >= 0.6 is 19.8 Å². The van der Waals surface area contributed by atoms with Crippen LogP contribution in [0.5, 0.6) is 5.75 Å². The third-order valence-electron chi connectivity index (χ3n) is 3.17. The lowest BCUT2D eigenvalue weighted by Crippen LogP contribution is -2.30. The summed E-state index contributed by atoms with van der Waals surface area (Å²) in [5.74, 6) is -0.0444. The van der Waals surface area contributed by atoms with Crippen LogP contribution in [0.4, 0.5) is 0 Å². The fourth-order valence-corrected chi connectivity index (χ4v) is 2.61. The van der Waals surface area contributed by atoms with Crippen molar-refractivity contribution in [3.63, 3.8) is 0 Å². The highest BCUT2D eigenvalue weighted by Crippen LogP contribution is 2.30. The fraction of sp³-hybridized carbons (Fsp3) is 0.533. The molecule has 5 nitrogen and oxygen atoms in total. The van der Waals surface area contributed by atoms with Crippen molar-refractivity contribution in [1.82, 2.24) is 0 Å². The molecule has 122 valence electrons. The second-order valence-corrected chi connectivity index (χ2v) is 6.57. The standard InChI is InChI=1S/C15H21ClNO4P/c1-4-12(5-2)11-20-14(18)15(3,16)17-22(19)21-13-9-7-6-8-10-13/h6-10,12H,4-5,11H2,1-3H3/t15-/m0/s1. The quantitative estimate of drug-likeness (QED) is 0.310. The number of alkyl halides is 1. The highest BCUT2D eigenvalue weighted by Gasteiger charge is 2.37. The van der Waals surface area contributed by atoms with Crippen molar-refractivity contribution in [1.29, 1.82) is 0 Å². The molecule has 0 saturated heterocycles. The second kappa shape index (κ2) is 9.09. The maximum absolute atomic E-state index is 12.0. The normalized spacial score (nSPS) is 14.5. The van der Waals surface area contributed by atoms with Gasteiger partial charge in [-0.1, -0.05) is 56.5 Å². The van der Waals surface area contributed by atoms with Crippen LogP contribution in [-0.4, -0.2) is 17.6 Å². The number of para-hydroxylation sites is 1. The summed E-state index contributed by atoms with van der Waals surface area (Å²) in [6, 6.07) is 8.56. The molecule has 0 bridgehead atoms. The van der Waals surface area contributed by atoms with E-state index in [1.807, 2.05) is 13.8 Å². The first-order chi connectivity index (χ1) is 10.4. The number of esters is 1. The number of ether oxygens (including phenoxy) is 1. The van der Waals surface area contributed by atoms with E-state index in [0.29, 0.717) is 5.75 Å². The number of benzene rings is 1. The molecule has 2 atom stereocenters. The molecule has 0 amide bonds.